The molecule has 128 valence electrons. The van der Waals surface area contributed by atoms with Crippen molar-refractivity contribution in [1.82, 2.24) is 15.8 Å². The molecule has 3 rings (SSSR count). The van der Waals surface area contributed by atoms with Gasteiger partial charge in [0.25, 0.3) is 5.91 Å². The highest BCUT2D eigenvalue weighted by Crippen LogP contribution is 2.30. The topological polar surface area (TPSA) is 103 Å². The van der Waals surface area contributed by atoms with Gasteiger partial charge in [-0.1, -0.05) is 31.2 Å². The van der Waals surface area contributed by atoms with E-state index in [1.165, 1.54) is 6.20 Å². The predicted molar refractivity (Wildman–Crippen MR) is 92.3 cm³/mol. The molecule has 1 atom stereocenters. The third-order valence-electron chi connectivity index (χ3n) is 4.11. The monoisotopic (exact) mass is 338 g/mol. The standard InChI is InChI=1S/C18H18N4O3/c1-11-14-9-12(17(23)22-25)10-19-16(14)8-7-15(11)21-18(24)20-13-5-3-2-4-6-13/h2-7,9-11,25H,8H2,1H3,(H,22,23)(H2,20,21,24). The summed E-state index contributed by atoms with van der Waals surface area (Å²) in [5.74, 6) is -0.752. The van der Waals surface area contributed by atoms with Crippen molar-refractivity contribution in [1.29, 1.82) is 0 Å². The summed E-state index contributed by atoms with van der Waals surface area (Å²) >= 11 is 0. The van der Waals surface area contributed by atoms with Gasteiger partial charge in [0.2, 0.25) is 0 Å². The molecule has 0 saturated heterocycles. The van der Waals surface area contributed by atoms with Gasteiger partial charge in [0.15, 0.2) is 0 Å². The van der Waals surface area contributed by atoms with E-state index in [9.17, 15) is 9.59 Å². The van der Waals surface area contributed by atoms with Crippen molar-refractivity contribution >= 4 is 17.6 Å². The van der Waals surface area contributed by atoms with Crippen LogP contribution in [0.2, 0.25) is 0 Å². The Morgan fingerprint density at radius 1 is 1.20 bits per heavy atom. The smallest absolute Gasteiger partial charge is 0.311 e. The number of hydrogen-bond acceptors (Lipinski definition) is 4. The number of nitrogens with zero attached hydrogens (tertiary/aromatic N) is 1. The van der Waals surface area contributed by atoms with Gasteiger partial charge in [0.1, 0.15) is 0 Å². The lowest BCUT2D eigenvalue weighted by Crippen LogP contribution is -2.32. The highest BCUT2D eigenvalue weighted by molar-refractivity contribution is 5.93. The molecule has 1 heterocycles. The Balaban J connectivity index is 1.74. The number of hydroxylamine groups is 1. The maximum atomic E-state index is 12.2. The fourth-order valence-corrected chi connectivity index (χ4v) is 2.77. The van der Waals surface area contributed by atoms with E-state index < -0.39 is 5.91 Å². The van der Waals surface area contributed by atoms with E-state index in [2.05, 4.69) is 15.6 Å². The number of benzene rings is 1. The molecule has 1 aliphatic rings. The predicted octanol–water partition coefficient (Wildman–Crippen LogP) is 2.57. The number of rotatable bonds is 3. The summed E-state index contributed by atoms with van der Waals surface area (Å²) in [5, 5.41) is 14.4. The summed E-state index contributed by atoms with van der Waals surface area (Å²) in [7, 11) is 0. The molecule has 1 aromatic heterocycles. The molecule has 7 nitrogen and oxygen atoms in total. The van der Waals surface area contributed by atoms with Gasteiger partial charge in [-0.2, -0.15) is 0 Å². The average molecular weight is 338 g/mol. The van der Waals surface area contributed by atoms with Gasteiger partial charge in [0.05, 0.1) is 5.56 Å². The molecule has 2 aromatic rings. The number of hydrogen-bond donors (Lipinski definition) is 4. The highest BCUT2D eigenvalue weighted by atomic mass is 16.5. The third kappa shape index (κ3) is 3.67. The molecule has 25 heavy (non-hydrogen) atoms. The number of allylic oxidation sites excluding steroid dienone is 2. The average Bonchev–Trinajstić information content (AvgIpc) is 2.64. The number of aromatic nitrogens is 1. The van der Waals surface area contributed by atoms with Crippen LogP contribution in [-0.4, -0.2) is 22.1 Å². The second-order valence-corrected chi connectivity index (χ2v) is 5.73. The molecule has 0 saturated carbocycles. The number of nitrogens with one attached hydrogen (secondary N) is 3. The second-order valence-electron chi connectivity index (χ2n) is 5.73. The zero-order valence-electron chi connectivity index (χ0n) is 13.6. The van der Waals surface area contributed by atoms with Crippen LogP contribution in [0.1, 0.15) is 34.5 Å². The molecule has 1 unspecified atom stereocenters. The van der Waals surface area contributed by atoms with Crippen LogP contribution >= 0.6 is 0 Å². The molecule has 4 N–H and O–H groups in total. The minimum absolute atomic E-state index is 0.135. The molecule has 0 radical (unpaired) electrons. The maximum Gasteiger partial charge on any atom is 0.323 e. The van der Waals surface area contributed by atoms with Gasteiger partial charge in [0, 0.05) is 35.6 Å². The molecule has 3 amide bonds. The van der Waals surface area contributed by atoms with Crippen LogP contribution in [0.25, 0.3) is 0 Å². The quantitative estimate of drug-likeness (QED) is 0.510. The number of urea groups is 1. The number of amides is 3. The summed E-state index contributed by atoms with van der Waals surface area (Å²) in [6.07, 6.45) is 3.89. The van der Waals surface area contributed by atoms with Crippen LogP contribution in [0.15, 0.2) is 54.4 Å². The van der Waals surface area contributed by atoms with Crippen LogP contribution < -0.4 is 16.1 Å². The van der Waals surface area contributed by atoms with E-state index in [4.69, 9.17) is 5.21 Å². The number of pyridine rings is 1. The number of carbonyl (C=O) groups excluding carboxylic acids is 2. The SMILES string of the molecule is CC1C(NC(=O)Nc2ccccc2)=CCc2ncc(C(=O)NO)cc21. The first-order valence-electron chi connectivity index (χ1n) is 7.85. The minimum Gasteiger partial charge on any atom is -0.311 e. The highest BCUT2D eigenvalue weighted by Gasteiger charge is 2.23. The van der Waals surface area contributed by atoms with Gasteiger partial charge in [-0.25, -0.2) is 10.3 Å². The Morgan fingerprint density at radius 3 is 2.68 bits per heavy atom. The summed E-state index contributed by atoms with van der Waals surface area (Å²) in [4.78, 5) is 28.0. The van der Waals surface area contributed by atoms with E-state index in [1.54, 1.807) is 23.7 Å². The van der Waals surface area contributed by atoms with Gasteiger partial charge < -0.3 is 10.6 Å². The van der Waals surface area contributed by atoms with Crippen LogP contribution in [0.5, 0.6) is 0 Å². The number of para-hydroxylation sites is 1. The van der Waals surface area contributed by atoms with Crippen LogP contribution in [0.3, 0.4) is 0 Å². The van der Waals surface area contributed by atoms with Gasteiger partial charge in [-0.15, -0.1) is 0 Å². The second kappa shape index (κ2) is 7.14. The first-order valence-corrected chi connectivity index (χ1v) is 7.85. The largest absolute Gasteiger partial charge is 0.323 e. The summed E-state index contributed by atoms with van der Waals surface area (Å²) < 4.78 is 0. The lowest BCUT2D eigenvalue weighted by atomic mass is 9.88. The van der Waals surface area contributed by atoms with Gasteiger partial charge in [-0.3, -0.25) is 15.0 Å². The molecule has 1 aromatic carbocycles. The number of carbonyl (C=O) groups is 2. The zero-order valence-corrected chi connectivity index (χ0v) is 13.6. The Morgan fingerprint density at radius 2 is 1.96 bits per heavy atom. The van der Waals surface area contributed by atoms with E-state index in [0.29, 0.717) is 12.1 Å². The van der Waals surface area contributed by atoms with Crippen molar-refractivity contribution in [3.8, 4) is 0 Å². The molecular weight excluding hydrogens is 320 g/mol. The van der Waals surface area contributed by atoms with Crippen molar-refractivity contribution in [2.45, 2.75) is 19.3 Å². The molecule has 1 aliphatic carbocycles. The lowest BCUT2D eigenvalue weighted by Gasteiger charge is -2.24. The van der Waals surface area contributed by atoms with Crippen LogP contribution in [0.4, 0.5) is 10.5 Å². The molecule has 7 heteroatoms. The maximum absolute atomic E-state index is 12.2. The van der Waals surface area contributed by atoms with Gasteiger partial charge >= 0.3 is 6.03 Å². The minimum atomic E-state index is -0.617. The van der Waals surface area contributed by atoms with Crippen molar-refractivity contribution in [3.63, 3.8) is 0 Å². The fraction of sp³-hybridized carbons (Fsp3) is 0.167. The van der Waals surface area contributed by atoms with E-state index in [0.717, 1.165) is 17.0 Å². The molecule has 0 aliphatic heterocycles. The Kier molecular flexibility index (Phi) is 4.76. The van der Waals surface area contributed by atoms with Crippen LogP contribution in [0, 0.1) is 0 Å². The van der Waals surface area contributed by atoms with Gasteiger partial charge in [-0.05, 0) is 23.8 Å². The normalized spacial score (nSPS) is 15.6. The Bertz CT molecular complexity index is 833. The molecule has 0 bridgehead atoms. The zero-order chi connectivity index (χ0) is 17.8. The van der Waals surface area contributed by atoms with Crippen molar-refractivity contribution in [2.24, 2.45) is 0 Å². The van der Waals surface area contributed by atoms with E-state index >= 15 is 0 Å². The summed E-state index contributed by atoms with van der Waals surface area (Å²) in [6.45, 7) is 1.93. The lowest BCUT2D eigenvalue weighted by molar-refractivity contribution is 0.0705. The Hall–Kier alpha value is -3.19. The molecule has 0 spiro atoms. The molecule has 0 fully saturated rings. The number of anilines is 1. The van der Waals surface area contributed by atoms with Crippen molar-refractivity contribution < 1.29 is 14.8 Å². The van der Waals surface area contributed by atoms with E-state index in [1.807, 2.05) is 31.2 Å². The Labute approximate surface area is 144 Å². The third-order valence-corrected chi connectivity index (χ3v) is 4.11. The van der Waals surface area contributed by atoms with Crippen molar-refractivity contribution in [2.75, 3.05) is 5.32 Å². The first kappa shape index (κ1) is 16.7. The number of fused-ring (bicyclic) bond motifs is 1. The van der Waals surface area contributed by atoms with Crippen LogP contribution in [-0.2, 0) is 6.42 Å². The first-order chi connectivity index (χ1) is 12.1. The van der Waals surface area contributed by atoms with E-state index in [-0.39, 0.29) is 17.5 Å². The summed E-state index contributed by atoms with van der Waals surface area (Å²) in [5.41, 5.74) is 5.00. The summed E-state index contributed by atoms with van der Waals surface area (Å²) in [6, 6.07) is 10.5. The fourth-order valence-electron chi connectivity index (χ4n) is 2.77. The van der Waals surface area contributed by atoms with Crippen molar-refractivity contribution in [3.05, 3.63) is 71.2 Å². The molecular formula is C18H18N4O3.